The second-order valence-corrected chi connectivity index (χ2v) is 5.71. The molecule has 1 heterocycles. The molecule has 1 rings (SSSR count). The zero-order chi connectivity index (χ0) is 16.4. The summed E-state index contributed by atoms with van der Waals surface area (Å²) in [6.07, 6.45) is -3.97. The molecule has 1 saturated heterocycles. The molecule has 1 aliphatic heterocycles. The minimum Gasteiger partial charge on any atom is -0.481 e. The third kappa shape index (κ3) is 4.25. The van der Waals surface area contributed by atoms with Gasteiger partial charge >= 0.3 is 18.2 Å². The van der Waals surface area contributed by atoms with Crippen LogP contribution in [0.5, 0.6) is 0 Å². The van der Waals surface area contributed by atoms with Crippen molar-refractivity contribution in [3.63, 3.8) is 0 Å². The summed E-state index contributed by atoms with van der Waals surface area (Å²) >= 11 is 0. The number of amides is 2. The fourth-order valence-corrected chi connectivity index (χ4v) is 2.54. The third-order valence-corrected chi connectivity index (χ3v) is 3.90. The molecule has 0 aromatic heterocycles. The molecule has 8 heteroatoms. The van der Waals surface area contributed by atoms with E-state index in [0.29, 0.717) is 6.42 Å². The highest BCUT2D eigenvalue weighted by atomic mass is 19.4. The van der Waals surface area contributed by atoms with Gasteiger partial charge in [-0.25, -0.2) is 4.79 Å². The van der Waals surface area contributed by atoms with Crippen molar-refractivity contribution in [2.45, 2.75) is 39.4 Å². The topological polar surface area (TPSA) is 69.6 Å². The summed E-state index contributed by atoms with van der Waals surface area (Å²) in [4.78, 5) is 23.9. The Morgan fingerprint density at radius 1 is 1.33 bits per heavy atom. The summed E-state index contributed by atoms with van der Waals surface area (Å²) in [6, 6.07) is -0.778. The number of halogens is 3. The number of hydrogen-bond acceptors (Lipinski definition) is 2. The lowest BCUT2D eigenvalue weighted by Crippen LogP contribution is -2.46. The molecule has 0 aromatic carbocycles. The summed E-state index contributed by atoms with van der Waals surface area (Å²) in [5.74, 6) is -4.99. The molecule has 0 bridgehead atoms. The molecule has 21 heavy (non-hydrogen) atoms. The average Bonchev–Trinajstić information content (AvgIpc) is 2.80. The predicted molar refractivity (Wildman–Crippen MR) is 69.7 cm³/mol. The maximum atomic E-state index is 12.8. The number of nitrogens with zero attached hydrogens (tertiary/aromatic N) is 1. The maximum Gasteiger partial charge on any atom is 0.394 e. The van der Waals surface area contributed by atoms with Gasteiger partial charge < -0.3 is 15.3 Å². The number of rotatable bonds is 4. The van der Waals surface area contributed by atoms with E-state index in [0.717, 1.165) is 4.90 Å². The van der Waals surface area contributed by atoms with Crippen molar-refractivity contribution in [3.05, 3.63) is 0 Å². The van der Waals surface area contributed by atoms with Crippen molar-refractivity contribution in [1.82, 2.24) is 10.2 Å². The van der Waals surface area contributed by atoms with Gasteiger partial charge in [0.2, 0.25) is 0 Å². The Kier molecular flexibility index (Phi) is 5.47. The van der Waals surface area contributed by atoms with Crippen molar-refractivity contribution in [3.8, 4) is 0 Å². The summed E-state index contributed by atoms with van der Waals surface area (Å²) in [5, 5.41) is 11.6. The van der Waals surface area contributed by atoms with Crippen LogP contribution in [0.4, 0.5) is 18.0 Å². The van der Waals surface area contributed by atoms with Crippen LogP contribution >= 0.6 is 0 Å². The number of hydrogen-bond donors (Lipinski definition) is 2. The smallest absolute Gasteiger partial charge is 0.394 e. The van der Waals surface area contributed by atoms with Crippen LogP contribution in [0.15, 0.2) is 0 Å². The molecule has 1 aliphatic rings. The average molecular weight is 310 g/mol. The molecule has 2 amide bonds. The minimum atomic E-state index is -4.62. The standard InChI is InChI=1S/C13H21F3N2O3/c1-4-10(7(2)3)17-12(21)18-5-8(11(19)20)9(6-18)13(14,15)16/h7-10H,4-6H2,1-3H3,(H,17,21)(H,19,20)/t8-,9-,10?/m1/s1. The van der Waals surface area contributed by atoms with E-state index in [1.54, 1.807) is 0 Å². The lowest BCUT2D eigenvalue weighted by Gasteiger charge is -2.25. The van der Waals surface area contributed by atoms with Crippen LogP contribution in [-0.4, -0.2) is 47.3 Å². The van der Waals surface area contributed by atoms with Crippen molar-refractivity contribution >= 4 is 12.0 Å². The Bertz CT molecular complexity index is 399. The van der Waals surface area contributed by atoms with Gasteiger partial charge in [0.25, 0.3) is 0 Å². The van der Waals surface area contributed by atoms with Gasteiger partial charge in [-0.2, -0.15) is 13.2 Å². The second kappa shape index (κ2) is 6.53. The van der Waals surface area contributed by atoms with Gasteiger partial charge in [-0.3, -0.25) is 4.79 Å². The third-order valence-electron chi connectivity index (χ3n) is 3.90. The molecule has 0 radical (unpaired) electrons. The fourth-order valence-electron chi connectivity index (χ4n) is 2.54. The molecule has 1 fully saturated rings. The van der Waals surface area contributed by atoms with Gasteiger partial charge in [0.1, 0.15) is 0 Å². The zero-order valence-corrected chi connectivity index (χ0v) is 12.3. The zero-order valence-electron chi connectivity index (χ0n) is 12.3. The molecule has 122 valence electrons. The first-order chi connectivity index (χ1) is 9.57. The van der Waals surface area contributed by atoms with E-state index >= 15 is 0 Å². The van der Waals surface area contributed by atoms with Crippen molar-refractivity contribution in [1.29, 1.82) is 0 Å². The number of urea groups is 1. The maximum absolute atomic E-state index is 12.8. The number of carboxylic acid groups (broad SMARTS) is 1. The van der Waals surface area contributed by atoms with Crippen LogP contribution in [0.3, 0.4) is 0 Å². The van der Waals surface area contributed by atoms with E-state index in [1.807, 2.05) is 20.8 Å². The second-order valence-electron chi connectivity index (χ2n) is 5.71. The van der Waals surface area contributed by atoms with E-state index < -0.39 is 43.1 Å². The highest BCUT2D eigenvalue weighted by Crippen LogP contribution is 2.37. The molecule has 1 unspecified atom stereocenters. The van der Waals surface area contributed by atoms with Crippen LogP contribution in [0.25, 0.3) is 0 Å². The molecular weight excluding hydrogens is 289 g/mol. The summed E-state index contributed by atoms with van der Waals surface area (Å²) in [5.41, 5.74) is 0. The van der Waals surface area contributed by atoms with E-state index in [9.17, 15) is 22.8 Å². The summed E-state index contributed by atoms with van der Waals surface area (Å²) in [6.45, 7) is 4.64. The van der Waals surface area contributed by atoms with Crippen LogP contribution < -0.4 is 5.32 Å². The van der Waals surface area contributed by atoms with Gasteiger partial charge in [-0.1, -0.05) is 20.8 Å². The lowest BCUT2D eigenvalue weighted by atomic mass is 9.96. The first-order valence-electron chi connectivity index (χ1n) is 6.92. The van der Waals surface area contributed by atoms with Crippen molar-refractivity contribution < 1.29 is 27.9 Å². The number of carboxylic acids is 1. The minimum absolute atomic E-state index is 0.147. The number of aliphatic carboxylic acids is 1. The van der Waals surface area contributed by atoms with Crippen LogP contribution in [-0.2, 0) is 4.79 Å². The molecule has 5 nitrogen and oxygen atoms in total. The SMILES string of the molecule is CCC(NC(=O)N1C[C@@H](C(F)(F)F)[C@H](C(=O)O)C1)C(C)C. The van der Waals surface area contributed by atoms with Crippen molar-refractivity contribution in [2.24, 2.45) is 17.8 Å². The number of carbonyl (C=O) groups excluding carboxylic acids is 1. The quantitative estimate of drug-likeness (QED) is 0.837. The fraction of sp³-hybridized carbons (Fsp3) is 0.846. The molecule has 0 aliphatic carbocycles. The number of likely N-dealkylation sites (tertiary alicyclic amines) is 1. The highest BCUT2D eigenvalue weighted by molar-refractivity contribution is 5.78. The highest BCUT2D eigenvalue weighted by Gasteiger charge is 2.53. The molecule has 0 spiro atoms. The first-order valence-corrected chi connectivity index (χ1v) is 6.92. The first kappa shape index (κ1) is 17.6. The van der Waals surface area contributed by atoms with Crippen molar-refractivity contribution in [2.75, 3.05) is 13.1 Å². The number of carbonyl (C=O) groups is 2. The van der Waals surface area contributed by atoms with Gasteiger partial charge in [-0.15, -0.1) is 0 Å². The van der Waals surface area contributed by atoms with Gasteiger partial charge in [0, 0.05) is 19.1 Å². The Morgan fingerprint density at radius 2 is 1.90 bits per heavy atom. The van der Waals surface area contributed by atoms with Gasteiger partial charge in [-0.05, 0) is 12.3 Å². The van der Waals surface area contributed by atoms with Gasteiger partial charge in [0.05, 0.1) is 11.8 Å². The molecular formula is C13H21F3N2O3. The largest absolute Gasteiger partial charge is 0.481 e. The number of alkyl halides is 3. The molecule has 3 atom stereocenters. The predicted octanol–water partition coefficient (Wildman–Crippen LogP) is 2.33. The van der Waals surface area contributed by atoms with Crippen LogP contribution in [0, 0.1) is 17.8 Å². The molecule has 2 N–H and O–H groups in total. The summed E-state index contributed by atoms with van der Waals surface area (Å²) < 4.78 is 38.5. The Morgan fingerprint density at radius 3 is 2.24 bits per heavy atom. The van der Waals surface area contributed by atoms with Gasteiger partial charge in [0.15, 0.2) is 0 Å². The van der Waals surface area contributed by atoms with E-state index in [4.69, 9.17) is 5.11 Å². The molecule has 0 saturated carbocycles. The van der Waals surface area contributed by atoms with E-state index in [1.165, 1.54) is 0 Å². The number of nitrogens with one attached hydrogen (secondary N) is 1. The van der Waals surface area contributed by atoms with E-state index in [-0.39, 0.29) is 12.0 Å². The normalized spacial score (nSPS) is 24.2. The van der Waals surface area contributed by atoms with E-state index in [2.05, 4.69) is 5.32 Å². The monoisotopic (exact) mass is 310 g/mol. The Labute approximate surface area is 121 Å². The van der Waals surface area contributed by atoms with Crippen LogP contribution in [0.2, 0.25) is 0 Å². The molecule has 0 aromatic rings. The summed E-state index contributed by atoms with van der Waals surface area (Å²) in [7, 11) is 0. The Balaban J connectivity index is 2.78. The Hall–Kier alpha value is -1.47. The lowest BCUT2D eigenvalue weighted by molar-refractivity contribution is -0.187. The van der Waals surface area contributed by atoms with Crippen LogP contribution in [0.1, 0.15) is 27.2 Å².